The summed E-state index contributed by atoms with van der Waals surface area (Å²) in [6.45, 7) is 8.14. The van der Waals surface area contributed by atoms with E-state index < -0.39 is 11.6 Å². The summed E-state index contributed by atoms with van der Waals surface area (Å²) in [4.78, 5) is 3.91. The quantitative estimate of drug-likeness (QED) is 0.128. The van der Waals surface area contributed by atoms with Crippen LogP contribution in [0, 0.1) is 62.0 Å². The topological polar surface area (TPSA) is 54.1 Å². The van der Waals surface area contributed by atoms with Crippen molar-refractivity contribution in [3.63, 3.8) is 0 Å². The lowest BCUT2D eigenvalue weighted by Crippen LogP contribution is -2.15. The van der Waals surface area contributed by atoms with E-state index in [1.54, 1.807) is 36.4 Å². The van der Waals surface area contributed by atoms with Gasteiger partial charge in [-0.2, -0.15) is 10.5 Å². The van der Waals surface area contributed by atoms with Crippen molar-refractivity contribution in [3.05, 3.63) is 263 Å². The highest BCUT2D eigenvalue weighted by Gasteiger charge is 2.29. The van der Waals surface area contributed by atoms with Gasteiger partial charge in [0, 0.05) is 33.3 Å². The Kier molecular flexibility index (Phi) is 11.9. The zero-order valence-corrected chi connectivity index (χ0v) is 42.3. The Balaban J connectivity index is 1.13. The van der Waals surface area contributed by atoms with Crippen LogP contribution in [0.3, 0.4) is 0 Å². The fraction of sp³-hybridized carbons (Fsp3) is 0.0571. The normalized spacial score (nSPS) is 11.3. The molecule has 12 aromatic carbocycles. The van der Waals surface area contributed by atoms with Crippen LogP contribution in [-0.4, -0.2) is 0 Å². The molecule has 362 valence electrons. The number of nitriles is 2. The van der Waals surface area contributed by atoms with Crippen molar-refractivity contribution >= 4 is 66.4 Å². The number of aryl methyl sites for hydroxylation is 4. The van der Waals surface area contributed by atoms with E-state index >= 15 is 8.78 Å². The summed E-state index contributed by atoms with van der Waals surface area (Å²) < 4.78 is 35.9. The SMILES string of the molecule is Cc1ccc(-c2cc(F)c(N(c3cccc(C#N)c3)c3ccc4ccc5c(N(c6cccc(C#N)c6)c6c(F)cc(-c7ccc(C)cc7)cc6-c6ccc(C)cc6)ccc6ccc3c4c65)c(-c3ccc(C)cc3)c2)cc1. The molecule has 0 amide bonds. The number of benzene rings is 12. The number of hydrogen-bond donors (Lipinski definition) is 0. The molecule has 0 aliphatic heterocycles. The second-order valence-corrected chi connectivity index (χ2v) is 19.8. The summed E-state index contributed by atoms with van der Waals surface area (Å²) >= 11 is 0. The van der Waals surface area contributed by atoms with Crippen LogP contribution in [0.1, 0.15) is 33.4 Å². The molecule has 0 saturated heterocycles. The van der Waals surface area contributed by atoms with E-state index in [0.29, 0.717) is 56.4 Å². The van der Waals surface area contributed by atoms with Gasteiger partial charge in [-0.15, -0.1) is 0 Å². The molecular formula is C70H48F2N4. The smallest absolute Gasteiger partial charge is 0.148 e. The summed E-state index contributed by atoms with van der Waals surface area (Å²) in [5, 5.41) is 26.1. The van der Waals surface area contributed by atoms with Gasteiger partial charge in [0.05, 0.1) is 46.0 Å². The van der Waals surface area contributed by atoms with Crippen molar-refractivity contribution in [3.8, 4) is 56.6 Å². The highest BCUT2D eigenvalue weighted by molar-refractivity contribution is 6.28. The maximum absolute atomic E-state index is 17.9. The standard InChI is InChI=1S/C70H48F2N4/c1-43-11-19-49(20-12-43)55-37-61(51-23-15-45(3)16-24-51)69(63(71)39-55)75(57-9-5-7-47(35-57)41-73)65-33-29-53-28-32-60-66(34-30-54-27-31-59(65)67(53)68(54)60)76(58-10-6-8-48(36-58)42-74)70-62(52-25-17-46(4)18-26-52)38-56(40-64(70)72)50-21-13-44(2)14-22-50/h5-40H,1-4H3. The Labute approximate surface area is 441 Å². The van der Waals surface area contributed by atoms with Gasteiger partial charge < -0.3 is 9.80 Å². The third-order valence-electron chi connectivity index (χ3n) is 14.6. The lowest BCUT2D eigenvalue weighted by molar-refractivity contribution is 0.629. The monoisotopic (exact) mass is 982 g/mol. The number of rotatable bonds is 10. The maximum Gasteiger partial charge on any atom is 0.148 e. The molecule has 0 fully saturated rings. The van der Waals surface area contributed by atoms with Crippen molar-refractivity contribution in [1.29, 1.82) is 10.5 Å². The summed E-state index contributed by atoms with van der Waals surface area (Å²) in [6, 6.07) is 75.7. The molecule has 0 unspecified atom stereocenters. The number of halogens is 2. The minimum absolute atomic E-state index is 0.335. The Morgan fingerprint density at radius 2 is 0.684 bits per heavy atom. The Hall–Kier alpha value is -9.88. The molecule has 0 N–H and O–H groups in total. The summed E-state index contributed by atoms with van der Waals surface area (Å²) in [6.07, 6.45) is 0. The molecule has 0 aliphatic rings. The molecule has 76 heavy (non-hydrogen) atoms. The summed E-state index contributed by atoms with van der Waals surface area (Å²) in [7, 11) is 0. The second-order valence-electron chi connectivity index (χ2n) is 19.8. The van der Waals surface area contributed by atoms with Crippen LogP contribution in [0.25, 0.3) is 76.8 Å². The van der Waals surface area contributed by atoms with E-state index in [9.17, 15) is 10.5 Å². The first kappa shape index (κ1) is 47.1. The van der Waals surface area contributed by atoms with Gasteiger partial charge in [0.15, 0.2) is 0 Å². The number of nitrogens with zero attached hydrogens (tertiary/aromatic N) is 4. The molecule has 12 rings (SSSR count). The van der Waals surface area contributed by atoms with Gasteiger partial charge in [-0.1, -0.05) is 168 Å². The van der Waals surface area contributed by atoms with Gasteiger partial charge in [0.2, 0.25) is 0 Å². The van der Waals surface area contributed by atoms with Crippen molar-refractivity contribution in [1.82, 2.24) is 0 Å². The Bertz CT molecular complexity index is 4020. The molecule has 0 heterocycles. The zero-order chi connectivity index (χ0) is 52.2. The van der Waals surface area contributed by atoms with Crippen LogP contribution >= 0.6 is 0 Å². The molecule has 0 spiro atoms. The fourth-order valence-corrected chi connectivity index (χ4v) is 10.8. The first-order valence-corrected chi connectivity index (χ1v) is 25.3. The average molecular weight is 983 g/mol. The minimum Gasteiger partial charge on any atom is -0.306 e. The van der Waals surface area contributed by atoms with Crippen LogP contribution < -0.4 is 9.80 Å². The molecule has 0 atom stereocenters. The lowest BCUT2D eigenvalue weighted by atomic mass is 9.90. The van der Waals surface area contributed by atoms with E-state index in [0.717, 1.165) is 88.0 Å². The van der Waals surface area contributed by atoms with Gasteiger partial charge >= 0.3 is 0 Å². The summed E-state index contributed by atoms with van der Waals surface area (Å²) in [5.74, 6) is -0.863. The predicted molar refractivity (Wildman–Crippen MR) is 310 cm³/mol. The highest BCUT2D eigenvalue weighted by atomic mass is 19.1. The van der Waals surface area contributed by atoms with Gasteiger partial charge in [0.25, 0.3) is 0 Å². The molecular weight excluding hydrogens is 935 g/mol. The molecule has 0 radical (unpaired) electrons. The minimum atomic E-state index is -0.431. The maximum atomic E-state index is 17.9. The lowest BCUT2D eigenvalue weighted by Gasteiger charge is -2.32. The predicted octanol–water partition coefficient (Wildman–Crippen LogP) is 19.4. The van der Waals surface area contributed by atoms with E-state index in [-0.39, 0.29) is 0 Å². The molecule has 12 aromatic rings. The summed E-state index contributed by atoms with van der Waals surface area (Å²) in [5.41, 5.74) is 14.8. The molecule has 0 aliphatic carbocycles. The zero-order valence-electron chi connectivity index (χ0n) is 42.3. The van der Waals surface area contributed by atoms with Gasteiger partial charge in [-0.25, -0.2) is 8.78 Å². The largest absolute Gasteiger partial charge is 0.306 e. The Morgan fingerprint density at radius 1 is 0.342 bits per heavy atom. The van der Waals surface area contributed by atoms with Crippen LogP contribution in [0.5, 0.6) is 0 Å². The van der Waals surface area contributed by atoms with E-state index in [1.165, 1.54) is 0 Å². The van der Waals surface area contributed by atoms with Crippen molar-refractivity contribution in [2.24, 2.45) is 0 Å². The van der Waals surface area contributed by atoms with E-state index in [1.807, 2.05) is 171 Å². The van der Waals surface area contributed by atoms with Crippen LogP contribution in [0.2, 0.25) is 0 Å². The number of anilines is 6. The first-order chi connectivity index (χ1) is 37.0. The van der Waals surface area contributed by atoms with Crippen molar-refractivity contribution < 1.29 is 8.78 Å². The van der Waals surface area contributed by atoms with Gasteiger partial charge in [-0.05, 0) is 155 Å². The third-order valence-corrected chi connectivity index (χ3v) is 14.6. The first-order valence-electron chi connectivity index (χ1n) is 25.3. The van der Waals surface area contributed by atoms with E-state index in [4.69, 9.17) is 0 Å². The highest BCUT2D eigenvalue weighted by Crippen LogP contribution is 2.52. The molecule has 0 aromatic heterocycles. The molecule has 6 heteroatoms. The molecule has 4 nitrogen and oxygen atoms in total. The van der Waals surface area contributed by atoms with Crippen LogP contribution in [0.15, 0.2) is 218 Å². The van der Waals surface area contributed by atoms with Crippen LogP contribution in [-0.2, 0) is 0 Å². The molecule has 0 bridgehead atoms. The Morgan fingerprint density at radius 3 is 1.04 bits per heavy atom. The molecule has 0 saturated carbocycles. The van der Waals surface area contributed by atoms with Gasteiger partial charge in [0.1, 0.15) is 11.6 Å². The third kappa shape index (κ3) is 8.43. The van der Waals surface area contributed by atoms with E-state index in [2.05, 4.69) is 60.7 Å². The second kappa shape index (κ2) is 19.2. The number of hydrogen-bond acceptors (Lipinski definition) is 4. The van der Waals surface area contributed by atoms with Crippen LogP contribution in [0.4, 0.5) is 42.9 Å². The van der Waals surface area contributed by atoms with Crippen molar-refractivity contribution in [2.75, 3.05) is 9.80 Å². The van der Waals surface area contributed by atoms with Gasteiger partial charge in [-0.3, -0.25) is 0 Å². The fourth-order valence-electron chi connectivity index (χ4n) is 10.8. The van der Waals surface area contributed by atoms with Crippen molar-refractivity contribution in [2.45, 2.75) is 27.7 Å². The average Bonchev–Trinajstić information content (AvgIpc) is 3.60.